The van der Waals surface area contributed by atoms with E-state index in [0.717, 1.165) is 12.0 Å². The number of hydroxylamine groups is 1. The molecule has 0 saturated carbocycles. The highest BCUT2D eigenvalue weighted by Gasteiger charge is 2.46. The normalized spacial score (nSPS) is 16.1. The van der Waals surface area contributed by atoms with Crippen LogP contribution >= 0.6 is 0 Å². The predicted molar refractivity (Wildman–Crippen MR) is 154 cm³/mol. The summed E-state index contributed by atoms with van der Waals surface area (Å²) in [7, 11) is -1.65. The lowest BCUT2D eigenvalue weighted by Crippen LogP contribution is -2.48. The number of rotatable bonds is 8. The lowest BCUT2D eigenvalue weighted by Gasteiger charge is -2.25. The third kappa shape index (κ3) is 6.30. The van der Waals surface area contributed by atoms with Crippen molar-refractivity contribution in [1.82, 2.24) is 10.4 Å². The number of hydrogen-bond donors (Lipinski definition) is 5. The van der Waals surface area contributed by atoms with Crippen LogP contribution in [-0.4, -0.2) is 56.8 Å². The Labute approximate surface area is 241 Å². The molecule has 1 unspecified atom stereocenters. The van der Waals surface area contributed by atoms with Crippen LogP contribution in [0.2, 0.25) is 0 Å². The number of imide groups is 1. The molecule has 0 saturated heterocycles. The number of amides is 3. The maximum Gasteiger partial charge on any atom is 0.415 e. The van der Waals surface area contributed by atoms with E-state index in [0.29, 0.717) is 33.6 Å². The highest BCUT2D eigenvalue weighted by Crippen LogP contribution is 2.32. The second kappa shape index (κ2) is 11.8. The molecule has 3 aromatic carbocycles. The molecule has 42 heavy (non-hydrogen) atoms. The monoisotopic (exact) mass is 592 g/mol. The molecule has 1 aliphatic heterocycles. The zero-order chi connectivity index (χ0) is 30.7. The van der Waals surface area contributed by atoms with Crippen LogP contribution in [0.4, 0.5) is 10.5 Å². The molecule has 14 heteroatoms. The maximum absolute atomic E-state index is 13.7. The molecule has 1 aliphatic rings. The Bertz CT molecular complexity index is 1710. The molecule has 4 rings (SSSR count). The molecule has 0 radical (unpaired) electrons. The molecular formula is C28H28N6O7S. The quantitative estimate of drug-likeness (QED) is 0.191. The van der Waals surface area contributed by atoms with Crippen LogP contribution in [0.15, 0.2) is 83.8 Å². The lowest BCUT2D eigenvalue weighted by molar-refractivity contribution is -0.147. The summed E-state index contributed by atoms with van der Waals surface area (Å²) in [4.78, 5) is 45.0. The minimum absolute atomic E-state index is 0.0501. The van der Waals surface area contributed by atoms with Gasteiger partial charge >= 0.3 is 6.09 Å². The zero-order valence-electron chi connectivity index (χ0n) is 22.6. The first-order valence-corrected chi connectivity index (χ1v) is 13.9. The van der Waals surface area contributed by atoms with Crippen molar-refractivity contribution in [3.8, 4) is 11.1 Å². The average molecular weight is 593 g/mol. The summed E-state index contributed by atoms with van der Waals surface area (Å²) >= 11 is 0. The van der Waals surface area contributed by atoms with Gasteiger partial charge in [-0.25, -0.2) is 18.4 Å². The van der Waals surface area contributed by atoms with Crippen molar-refractivity contribution in [1.29, 1.82) is 5.41 Å². The number of carbonyl (C=O) groups excluding carboxylic acids is 3. The number of benzene rings is 3. The number of nitrogens with one attached hydrogen (secondary N) is 3. The number of sulfonamides is 1. The first kappa shape index (κ1) is 29.9. The smallest absolute Gasteiger partial charge is 0.415 e. The van der Waals surface area contributed by atoms with Crippen molar-refractivity contribution in [3.05, 3.63) is 90.0 Å². The summed E-state index contributed by atoms with van der Waals surface area (Å²) in [6.45, 7) is 0. The van der Waals surface area contributed by atoms with Crippen molar-refractivity contribution in [2.75, 3.05) is 19.5 Å². The van der Waals surface area contributed by atoms with E-state index in [-0.39, 0.29) is 10.7 Å². The van der Waals surface area contributed by atoms with Crippen LogP contribution in [-0.2, 0) is 29.2 Å². The van der Waals surface area contributed by atoms with Crippen LogP contribution in [0.1, 0.15) is 17.5 Å². The van der Waals surface area contributed by atoms with Gasteiger partial charge < -0.3 is 15.8 Å². The van der Waals surface area contributed by atoms with Crippen molar-refractivity contribution < 1.29 is 32.4 Å². The average Bonchev–Trinajstić information content (AvgIpc) is 3.41. The second-order valence-corrected chi connectivity index (χ2v) is 10.8. The van der Waals surface area contributed by atoms with E-state index < -0.39 is 40.0 Å². The van der Waals surface area contributed by atoms with Gasteiger partial charge in [-0.3, -0.25) is 30.2 Å². The number of carbonyl (C=O) groups is 3. The largest absolute Gasteiger partial charge is 0.452 e. The molecule has 13 nitrogen and oxygen atoms in total. The van der Waals surface area contributed by atoms with Gasteiger partial charge in [0.1, 0.15) is 5.84 Å². The molecule has 1 heterocycles. The summed E-state index contributed by atoms with van der Waals surface area (Å²) in [5.74, 6) is -1.66. The Morgan fingerprint density at radius 3 is 2.38 bits per heavy atom. The van der Waals surface area contributed by atoms with Crippen molar-refractivity contribution in [2.24, 2.45) is 10.9 Å². The van der Waals surface area contributed by atoms with Gasteiger partial charge in [0, 0.05) is 29.4 Å². The number of nitrogen functional groups attached to an aromatic ring is 1. The third-order valence-corrected chi connectivity index (χ3v) is 7.44. The fraction of sp³-hybridized carbons (Fsp3) is 0.143. The Morgan fingerprint density at radius 1 is 1.05 bits per heavy atom. The molecule has 0 bridgehead atoms. The summed E-state index contributed by atoms with van der Waals surface area (Å²) in [6, 6.07) is 19.2. The van der Waals surface area contributed by atoms with E-state index in [2.05, 4.69) is 15.5 Å². The second-order valence-electron chi connectivity index (χ2n) is 9.32. The number of hydrogen-bond acceptors (Lipinski definition) is 9. The molecule has 0 aliphatic carbocycles. The molecule has 0 fully saturated rings. The van der Waals surface area contributed by atoms with E-state index in [4.69, 9.17) is 21.1 Å². The fourth-order valence-corrected chi connectivity index (χ4v) is 4.98. The molecule has 1 atom stereocenters. The molecule has 218 valence electrons. The zero-order valence-corrected chi connectivity index (χ0v) is 23.4. The third-order valence-electron chi connectivity index (χ3n) is 6.47. The van der Waals surface area contributed by atoms with Crippen molar-refractivity contribution in [3.63, 3.8) is 0 Å². The Balaban J connectivity index is 1.66. The van der Waals surface area contributed by atoms with Crippen LogP contribution in [0, 0.1) is 5.41 Å². The van der Waals surface area contributed by atoms with E-state index in [1.54, 1.807) is 66.7 Å². The van der Waals surface area contributed by atoms with E-state index in [1.165, 1.54) is 19.2 Å². The number of nitrogens with two attached hydrogens (primary N) is 2. The Hall–Kier alpha value is -5.05. The number of primary sulfonamides is 1. The van der Waals surface area contributed by atoms with Gasteiger partial charge in [-0.1, -0.05) is 48.5 Å². The number of anilines is 1. The minimum Gasteiger partial charge on any atom is -0.452 e. The van der Waals surface area contributed by atoms with Gasteiger partial charge in [0.25, 0.3) is 5.91 Å². The molecule has 7 N–H and O–H groups in total. The SMILES string of the molecule is COC(=O)N(C)C(=O)CC1(C(=O)Nc2ccc(-c3ccccc3S(N)(=O)=O)cc2)C=C(c2cccc(C(=N)N)c2)NO1. The molecular weight excluding hydrogens is 564 g/mol. The lowest BCUT2D eigenvalue weighted by atomic mass is 9.94. The molecule has 0 spiro atoms. The first-order valence-electron chi connectivity index (χ1n) is 12.3. The topological polar surface area (TPSA) is 207 Å². The van der Waals surface area contributed by atoms with Crippen LogP contribution in [0.25, 0.3) is 16.8 Å². The van der Waals surface area contributed by atoms with Gasteiger partial charge in [-0.2, -0.15) is 0 Å². The summed E-state index contributed by atoms with van der Waals surface area (Å²) in [5.41, 5.74) is 8.90. The Kier molecular flexibility index (Phi) is 8.42. The number of amidine groups is 1. The van der Waals surface area contributed by atoms with Gasteiger partial charge in [0.05, 0.1) is 24.1 Å². The highest BCUT2D eigenvalue weighted by atomic mass is 32.2. The van der Waals surface area contributed by atoms with Gasteiger partial charge in [-0.05, 0) is 35.9 Å². The molecule has 3 amide bonds. The maximum atomic E-state index is 13.7. The molecule has 0 aromatic heterocycles. The van der Waals surface area contributed by atoms with Crippen LogP contribution in [0.5, 0.6) is 0 Å². The Morgan fingerprint density at radius 2 is 1.74 bits per heavy atom. The van der Waals surface area contributed by atoms with Gasteiger partial charge in [-0.15, -0.1) is 0 Å². The standard InChI is InChI=1S/C28H28N6O7S/c1-34(27(37)40-2)24(35)16-28(15-22(33-41-28)18-6-5-7-19(14-18)25(29)30)26(36)32-20-12-10-17(11-13-20)21-8-3-4-9-23(21)42(31,38)39/h3-15,33H,16H2,1-2H3,(H3,29,30)(H,32,36)(H2,31,38,39). The highest BCUT2D eigenvalue weighted by molar-refractivity contribution is 7.89. The van der Waals surface area contributed by atoms with Crippen molar-refractivity contribution >= 4 is 45.2 Å². The molecule has 3 aromatic rings. The summed E-state index contributed by atoms with van der Waals surface area (Å²) in [6.07, 6.45) is -0.0932. The summed E-state index contributed by atoms with van der Waals surface area (Å²) < 4.78 is 28.6. The number of methoxy groups -OCH3 is 1. The fourth-order valence-electron chi connectivity index (χ4n) is 4.22. The summed E-state index contributed by atoms with van der Waals surface area (Å²) in [5, 5.41) is 15.8. The van der Waals surface area contributed by atoms with Crippen molar-refractivity contribution in [2.45, 2.75) is 16.9 Å². The van der Waals surface area contributed by atoms with E-state index >= 15 is 0 Å². The van der Waals surface area contributed by atoms with E-state index in [1.807, 2.05) is 0 Å². The van der Waals surface area contributed by atoms with E-state index in [9.17, 15) is 22.8 Å². The van der Waals surface area contributed by atoms with Crippen LogP contribution in [0.3, 0.4) is 0 Å². The number of ether oxygens (including phenoxy) is 1. The predicted octanol–water partition coefficient (Wildman–Crippen LogP) is 2.15. The first-order chi connectivity index (χ1) is 19.8. The van der Waals surface area contributed by atoms with Crippen LogP contribution < -0.4 is 21.7 Å². The number of nitrogens with zero attached hydrogens (tertiary/aromatic N) is 1. The van der Waals surface area contributed by atoms with Gasteiger partial charge in [0.2, 0.25) is 21.5 Å². The van der Waals surface area contributed by atoms with Gasteiger partial charge in [0.15, 0.2) is 0 Å². The minimum atomic E-state index is -3.98.